The lowest BCUT2D eigenvalue weighted by Crippen LogP contribution is -2.28. The third kappa shape index (κ3) is 6.94. The zero-order valence-corrected chi connectivity index (χ0v) is 16.8. The number of nitrogens with zero attached hydrogens (tertiary/aromatic N) is 2. The van der Waals surface area contributed by atoms with Gasteiger partial charge in [0.1, 0.15) is 5.69 Å². The van der Waals surface area contributed by atoms with Crippen molar-refractivity contribution < 1.29 is 13.7 Å². The summed E-state index contributed by atoms with van der Waals surface area (Å²) in [6.07, 6.45) is 0.791. The molecule has 0 fully saturated rings. The minimum atomic E-state index is -2.51. The summed E-state index contributed by atoms with van der Waals surface area (Å²) < 4.78 is 22.2. The third-order valence-corrected chi connectivity index (χ3v) is 5.65. The molecule has 2 atom stereocenters. The van der Waals surface area contributed by atoms with Crippen molar-refractivity contribution >= 4 is 34.2 Å². The highest BCUT2D eigenvalue weighted by Crippen LogP contribution is 2.29. The second kappa shape index (κ2) is 10.4. The fourth-order valence-corrected chi connectivity index (χ4v) is 3.81. The molecule has 0 spiro atoms. The molecule has 7 nitrogen and oxygen atoms in total. The Kier molecular flexibility index (Phi) is 8.23. The summed E-state index contributed by atoms with van der Waals surface area (Å²) in [5, 5.41) is 14.6. The van der Waals surface area contributed by atoms with E-state index < -0.39 is 16.0 Å². The molecule has 2 rings (SSSR count). The molecule has 0 bridgehead atoms. The summed E-state index contributed by atoms with van der Waals surface area (Å²) in [5.41, 5.74) is 0.0860. The standard InChI is InChI=1S/C18H23N3O4S2/c1-20(2)11-10-14(13-26-15-6-4-3-5-7-15)19-17-9-8-16(27(24)25)12-18(17)21(22)23/h3-9,12,14,19H,10-11,13H2,1-2H3,(H,24,25)/p-1. The molecule has 0 aliphatic heterocycles. The summed E-state index contributed by atoms with van der Waals surface area (Å²) in [6.45, 7) is 0.823. The van der Waals surface area contributed by atoms with Crippen molar-refractivity contribution in [2.75, 3.05) is 31.7 Å². The first-order valence-electron chi connectivity index (χ1n) is 8.33. The molecule has 0 aliphatic carbocycles. The minimum absolute atomic E-state index is 0.0140. The van der Waals surface area contributed by atoms with Gasteiger partial charge < -0.3 is 14.8 Å². The Labute approximate surface area is 165 Å². The number of nitrogens with one attached hydrogen (secondary N) is 1. The van der Waals surface area contributed by atoms with E-state index in [4.69, 9.17) is 0 Å². The van der Waals surface area contributed by atoms with Crippen LogP contribution in [0.5, 0.6) is 0 Å². The molecule has 0 heterocycles. The second-order valence-corrected chi connectivity index (χ2v) is 8.26. The van der Waals surface area contributed by atoms with Crippen LogP contribution in [0.15, 0.2) is 58.3 Å². The Bertz CT molecular complexity index is 787. The SMILES string of the molecule is CN(C)CCC(CSc1ccccc1)Nc1ccc(S(=O)[O-])cc1[N+](=O)[O-]. The smallest absolute Gasteiger partial charge is 0.293 e. The predicted octanol–water partition coefficient (Wildman–Crippen LogP) is 3.36. The average Bonchev–Trinajstić information content (AvgIpc) is 2.64. The Morgan fingerprint density at radius 1 is 1.22 bits per heavy atom. The van der Waals surface area contributed by atoms with Gasteiger partial charge in [0.15, 0.2) is 0 Å². The van der Waals surface area contributed by atoms with Crippen LogP contribution in [0.3, 0.4) is 0 Å². The summed E-state index contributed by atoms with van der Waals surface area (Å²) in [7, 11) is 3.95. The molecular weight excluding hydrogens is 386 g/mol. The van der Waals surface area contributed by atoms with Crippen LogP contribution in [0.1, 0.15) is 6.42 Å². The predicted molar refractivity (Wildman–Crippen MR) is 108 cm³/mol. The zero-order chi connectivity index (χ0) is 19.8. The molecule has 27 heavy (non-hydrogen) atoms. The monoisotopic (exact) mass is 408 g/mol. The highest BCUT2D eigenvalue weighted by Gasteiger charge is 2.19. The van der Waals surface area contributed by atoms with Crippen molar-refractivity contribution in [1.29, 1.82) is 0 Å². The number of nitro groups is 1. The Hall–Kier alpha value is -1.94. The maximum Gasteiger partial charge on any atom is 0.293 e. The molecule has 9 heteroatoms. The first-order chi connectivity index (χ1) is 12.9. The van der Waals surface area contributed by atoms with Crippen LogP contribution in [-0.2, 0) is 11.1 Å². The number of hydrogen-bond donors (Lipinski definition) is 1. The van der Waals surface area contributed by atoms with Crippen molar-refractivity contribution in [3.05, 3.63) is 58.6 Å². The quantitative estimate of drug-likeness (QED) is 0.278. The van der Waals surface area contributed by atoms with Gasteiger partial charge in [-0.25, -0.2) is 0 Å². The first kappa shape index (κ1) is 21.4. The highest BCUT2D eigenvalue weighted by molar-refractivity contribution is 7.99. The molecule has 2 aromatic carbocycles. The number of rotatable bonds is 10. The molecular formula is C18H22N3O4S2-. The lowest BCUT2D eigenvalue weighted by molar-refractivity contribution is -0.384. The van der Waals surface area contributed by atoms with Gasteiger partial charge >= 0.3 is 0 Å². The number of anilines is 1. The van der Waals surface area contributed by atoms with Crippen molar-refractivity contribution in [2.24, 2.45) is 0 Å². The lowest BCUT2D eigenvalue weighted by Gasteiger charge is -2.22. The van der Waals surface area contributed by atoms with Crippen LogP contribution in [0.25, 0.3) is 0 Å². The largest absolute Gasteiger partial charge is 0.768 e. The van der Waals surface area contributed by atoms with E-state index in [-0.39, 0.29) is 16.6 Å². The van der Waals surface area contributed by atoms with Gasteiger partial charge in [-0.3, -0.25) is 14.3 Å². The van der Waals surface area contributed by atoms with Crippen LogP contribution in [0, 0.1) is 10.1 Å². The van der Waals surface area contributed by atoms with Gasteiger partial charge in [-0.1, -0.05) is 18.2 Å². The molecule has 0 amide bonds. The summed E-state index contributed by atoms with van der Waals surface area (Å²) in [4.78, 5) is 13.9. The Balaban J connectivity index is 2.17. The molecule has 2 aromatic rings. The lowest BCUT2D eigenvalue weighted by atomic mass is 10.2. The van der Waals surface area contributed by atoms with E-state index in [0.717, 1.165) is 29.7 Å². The maximum atomic E-state index is 11.4. The van der Waals surface area contributed by atoms with Gasteiger partial charge in [0.25, 0.3) is 5.69 Å². The van der Waals surface area contributed by atoms with Crippen molar-refractivity contribution in [3.63, 3.8) is 0 Å². The molecule has 0 saturated carbocycles. The summed E-state index contributed by atoms with van der Waals surface area (Å²) in [5.74, 6) is 0.726. The van der Waals surface area contributed by atoms with Gasteiger partial charge in [0.2, 0.25) is 0 Å². The maximum absolute atomic E-state index is 11.4. The minimum Gasteiger partial charge on any atom is -0.768 e. The second-order valence-electron chi connectivity index (χ2n) is 6.23. The van der Waals surface area contributed by atoms with Crippen molar-refractivity contribution in [2.45, 2.75) is 22.3 Å². The van der Waals surface area contributed by atoms with E-state index in [0.29, 0.717) is 5.69 Å². The zero-order valence-electron chi connectivity index (χ0n) is 15.2. The number of hydrogen-bond acceptors (Lipinski definition) is 7. The average molecular weight is 409 g/mol. The molecule has 146 valence electrons. The molecule has 2 unspecified atom stereocenters. The van der Waals surface area contributed by atoms with E-state index in [1.54, 1.807) is 11.8 Å². The Morgan fingerprint density at radius 3 is 2.52 bits per heavy atom. The van der Waals surface area contributed by atoms with E-state index in [1.807, 2.05) is 44.4 Å². The van der Waals surface area contributed by atoms with E-state index in [2.05, 4.69) is 10.2 Å². The van der Waals surface area contributed by atoms with Crippen LogP contribution in [-0.4, -0.2) is 51.0 Å². The third-order valence-electron chi connectivity index (χ3n) is 3.84. The van der Waals surface area contributed by atoms with Gasteiger partial charge in [0, 0.05) is 27.7 Å². The number of benzene rings is 2. The summed E-state index contributed by atoms with van der Waals surface area (Å²) in [6, 6.07) is 13.8. The fourth-order valence-electron chi connectivity index (χ4n) is 2.43. The Morgan fingerprint density at radius 2 is 1.93 bits per heavy atom. The van der Waals surface area contributed by atoms with Gasteiger partial charge in [-0.2, -0.15) is 0 Å². The topological polar surface area (TPSA) is 98.5 Å². The van der Waals surface area contributed by atoms with Gasteiger partial charge in [-0.05, 0) is 62.4 Å². The fraction of sp³-hybridized carbons (Fsp3) is 0.333. The van der Waals surface area contributed by atoms with E-state index in [9.17, 15) is 18.9 Å². The molecule has 1 N–H and O–H groups in total. The van der Waals surface area contributed by atoms with Crippen LogP contribution in [0.4, 0.5) is 11.4 Å². The highest BCUT2D eigenvalue weighted by atomic mass is 32.2. The normalized spacial score (nSPS) is 13.3. The number of thioether (sulfide) groups is 1. The van der Waals surface area contributed by atoms with Crippen LogP contribution in [0.2, 0.25) is 0 Å². The molecule has 0 aromatic heterocycles. The van der Waals surface area contributed by atoms with E-state index in [1.165, 1.54) is 12.1 Å². The first-order valence-corrected chi connectivity index (χ1v) is 10.4. The molecule has 0 radical (unpaired) electrons. The van der Waals surface area contributed by atoms with Crippen LogP contribution < -0.4 is 5.32 Å². The molecule has 0 saturated heterocycles. The van der Waals surface area contributed by atoms with E-state index >= 15 is 0 Å². The van der Waals surface area contributed by atoms with Crippen molar-refractivity contribution in [1.82, 2.24) is 4.90 Å². The van der Waals surface area contributed by atoms with Gasteiger partial charge in [0.05, 0.1) is 4.92 Å². The molecule has 0 aliphatic rings. The summed E-state index contributed by atoms with van der Waals surface area (Å²) >= 11 is -0.835. The number of nitro benzene ring substituents is 1. The van der Waals surface area contributed by atoms with Crippen molar-refractivity contribution in [3.8, 4) is 0 Å². The van der Waals surface area contributed by atoms with Gasteiger partial charge in [-0.15, -0.1) is 11.8 Å². The van der Waals surface area contributed by atoms with Crippen LogP contribution >= 0.6 is 11.8 Å².